The second-order valence-corrected chi connectivity index (χ2v) is 4.97. The Hall–Kier alpha value is -0.690. The van der Waals surface area contributed by atoms with Crippen molar-refractivity contribution in [3.8, 4) is 0 Å². The average Bonchev–Trinajstić information content (AvgIpc) is 2.03. The molecule has 0 nitrogen and oxygen atoms in total. The number of hydrogen-bond acceptors (Lipinski definition) is 1. The van der Waals surface area contributed by atoms with Gasteiger partial charge in [0, 0.05) is 4.86 Å². The van der Waals surface area contributed by atoms with Crippen molar-refractivity contribution in [3.05, 3.63) is 36.0 Å². The molecule has 0 fully saturated rings. The van der Waals surface area contributed by atoms with Crippen molar-refractivity contribution < 1.29 is 0 Å². The second-order valence-electron chi connectivity index (χ2n) is 4.35. The SMILES string of the molecule is C=C/C(=C/C(=C\C)C(C)(C)C)C(C)=S. The molecule has 0 atom stereocenters. The molecule has 0 aliphatic carbocycles. The molecule has 0 aromatic carbocycles. The largest absolute Gasteiger partial charge is 0.0984 e. The van der Waals surface area contributed by atoms with E-state index in [2.05, 4.69) is 46.4 Å². The second kappa shape index (κ2) is 5.26. The maximum atomic E-state index is 5.14. The maximum absolute atomic E-state index is 5.14. The average molecular weight is 208 g/mol. The molecule has 0 rings (SSSR count). The molecular weight excluding hydrogens is 188 g/mol. The molecule has 0 heterocycles. The van der Waals surface area contributed by atoms with Gasteiger partial charge in [-0.2, -0.15) is 0 Å². The molecule has 0 amide bonds. The summed E-state index contributed by atoms with van der Waals surface area (Å²) in [5, 5.41) is 0. The van der Waals surface area contributed by atoms with Gasteiger partial charge in [-0.25, -0.2) is 0 Å². The van der Waals surface area contributed by atoms with Crippen LogP contribution in [-0.4, -0.2) is 4.86 Å². The molecule has 0 aliphatic rings. The lowest BCUT2D eigenvalue weighted by molar-refractivity contribution is 0.516. The van der Waals surface area contributed by atoms with E-state index in [0.717, 1.165) is 10.4 Å². The van der Waals surface area contributed by atoms with Crippen LogP contribution in [0.15, 0.2) is 36.0 Å². The van der Waals surface area contributed by atoms with Crippen LogP contribution in [0.3, 0.4) is 0 Å². The minimum absolute atomic E-state index is 0.161. The van der Waals surface area contributed by atoms with Crippen LogP contribution in [0.1, 0.15) is 34.6 Å². The smallest absolute Gasteiger partial charge is 0.0193 e. The normalized spacial score (nSPS) is 14.1. The molecule has 78 valence electrons. The molecule has 0 unspecified atom stereocenters. The van der Waals surface area contributed by atoms with E-state index in [0.29, 0.717) is 0 Å². The van der Waals surface area contributed by atoms with E-state index in [4.69, 9.17) is 12.2 Å². The zero-order valence-corrected chi connectivity index (χ0v) is 10.7. The van der Waals surface area contributed by atoms with E-state index < -0.39 is 0 Å². The molecule has 0 aliphatic heterocycles. The summed E-state index contributed by atoms with van der Waals surface area (Å²) in [5.74, 6) is 0. The summed E-state index contributed by atoms with van der Waals surface area (Å²) in [7, 11) is 0. The van der Waals surface area contributed by atoms with Gasteiger partial charge >= 0.3 is 0 Å². The highest BCUT2D eigenvalue weighted by atomic mass is 32.1. The van der Waals surface area contributed by atoms with Gasteiger partial charge in [-0.3, -0.25) is 0 Å². The topological polar surface area (TPSA) is 0 Å². The van der Waals surface area contributed by atoms with E-state index >= 15 is 0 Å². The fraction of sp³-hybridized carbons (Fsp3) is 0.462. The Morgan fingerprint density at radius 1 is 1.29 bits per heavy atom. The van der Waals surface area contributed by atoms with Gasteiger partial charge in [-0.15, -0.1) is 0 Å². The van der Waals surface area contributed by atoms with Gasteiger partial charge in [0.15, 0.2) is 0 Å². The van der Waals surface area contributed by atoms with Crippen LogP contribution in [0.25, 0.3) is 0 Å². The predicted octanol–water partition coefficient (Wildman–Crippen LogP) is 4.48. The van der Waals surface area contributed by atoms with E-state index in [9.17, 15) is 0 Å². The maximum Gasteiger partial charge on any atom is 0.0193 e. The van der Waals surface area contributed by atoms with Gasteiger partial charge < -0.3 is 0 Å². The molecule has 0 aromatic heterocycles. The minimum Gasteiger partial charge on any atom is -0.0984 e. The fourth-order valence-electron chi connectivity index (χ4n) is 1.20. The predicted molar refractivity (Wildman–Crippen MR) is 69.8 cm³/mol. The quantitative estimate of drug-likeness (QED) is 0.374. The first kappa shape index (κ1) is 13.3. The lowest BCUT2D eigenvalue weighted by atomic mass is 9.85. The molecule has 0 aromatic rings. The van der Waals surface area contributed by atoms with Crippen molar-refractivity contribution in [2.24, 2.45) is 5.41 Å². The number of rotatable bonds is 3. The fourth-order valence-corrected chi connectivity index (χ4v) is 1.35. The van der Waals surface area contributed by atoms with Crippen LogP contribution < -0.4 is 0 Å². The summed E-state index contributed by atoms with van der Waals surface area (Å²) >= 11 is 5.14. The van der Waals surface area contributed by atoms with E-state index in [-0.39, 0.29) is 5.41 Å². The summed E-state index contributed by atoms with van der Waals surface area (Å²) in [4.78, 5) is 0.892. The van der Waals surface area contributed by atoms with Crippen molar-refractivity contribution in [2.75, 3.05) is 0 Å². The molecule has 14 heavy (non-hydrogen) atoms. The number of allylic oxidation sites excluding steroid dienone is 5. The van der Waals surface area contributed by atoms with Gasteiger partial charge in [-0.1, -0.05) is 57.8 Å². The van der Waals surface area contributed by atoms with Crippen molar-refractivity contribution in [2.45, 2.75) is 34.6 Å². The van der Waals surface area contributed by atoms with Gasteiger partial charge in [-0.05, 0) is 30.4 Å². The highest BCUT2D eigenvalue weighted by Gasteiger charge is 2.14. The highest BCUT2D eigenvalue weighted by molar-refractivity contribution is 7.80. The number of hydrogen-bond donors (Lipinski definition) is 0. The summed E-state index contributed by atoms with van der Waals surface area (Å²) in [6.45, 7) is 14.3. The van der Waals surface area contributed by atoms with Crippen molar-refractivity contribution >= 4 is 17.1 Å². The van der Waals surface area contributed by atoms with Gasteiger partial charge in [0.05, 0.1) is 0 Å². The first-order valence-corrected chi connectivity index (χ1v) is 5.25. The lowest BCUT2D eigenvalue weighted by Crippen LogP contribution is -2.08. The van der Waals surface area contributed by atoms with Gasteiger partial charge in [0.25, 0.3) is 0 Å². The summed E-state index contributed by atoms with van der Waals surface area (Å²) in [5.41, 5.74) is 2.49. The first-order valence-electron chi connectivity index (χ1n) is 4.84. The van der Waals surface area contributed by atoms with Crippen LogP contribution in [0.5, 0.6) is 0 Å². The van der Waals surface area contributed by atoms with Crippen LogP contribution >= 0.6 is 12.2 Å². The van der Waals surface area contributed by atoms with Crippen LogP contribution in [0.4, 0.5) is 0 Å². The highest BCUT2D eigenvalue weighted by Crippen LogP contribution is 2.27. The molecule has 0 N–H and O–H groups in total. The standard InChI is InChI=1S/C13H20S/c1-7-11(10(3)14)9-12(8-2)13(4,5)6/h7-9H,1H2,2-6H3/b11-9-,12-8+. The Balaban J connectivity index is 5.12. The minimum atomic E-state index is 0.161. The van der Waals surface area contributed by atoms with E-state index in [1.54, 1.807) is 0 Å². The van der Waals surface area contributed by atoms with Crippen LogP contribution in [0, 0.1) is 5.41 Å². The van der Waals surface area contributed by atoms with Crippen LogP contribution in [-0.2, 0) is 0 Å². The molecular formula is C13H20S. The summed E-state index contributed by atoms with van der Waals surface area (Å²) in [6, 6.07) is 0. The Kier molecular flexibility index (Phi) is 5.00. The monoisotopic (exact) mass is 208 g/mol. The summed E-state index contributed by atoms with van der Waals surface area (Å²) < 4.78 is 0. The third kappa shape index (κ3) is 4.01. The molecule has 0 saturated heterocycles. The first-order chi connectivity index (χ1) is 6.32. The molecule has 0 spiro atoms. The Bertz CT molecular complexity index is 285. The molecule has 0 bridgehead atoms. The Morgan fingerprint density at radius 2 is 1.79 bits per heavy atom. The zero-order chi connectivity index (χ0) is 11.4. The van der Waals surface area contributed by atoms with Crippen LogP contribution in [0.2, 0.25) is 0 Å². The lowest BCUT2D eigenvalue weighted by Gasteiger charge is -2.20. The molecule has 0 radical (unpaired) electrons. The third-order valence-electron chi connectivity index (χ3n) is 2.11. The van der Waals surface area contributed by atoms with Crippen molar-refractivity contribution in [1.29, 1.82) is 0 Å². The van der Waals surface area contributed by atoms with Gasteiger partial charge in [0.2, 0.25) is 0 Å². The van der Waals surface area contributed by atoms with Crippen molar-refractivity contribution in [1.82, 2.24) is 0 Å². The Morgan fingerprint density at radius 3 is 2.00 bits per heavy atom. The summed E-state index contributed by atoms with van der Waals surface area (Å²) in [6.07, 6.45) is 6.06. The van der Waals surface area contributed by atoms with E-state index in [1.807, 2.05) is 13.0 Å². The van der Waals surface area contributed by atoms with Gasteiger partial charge in [0.1, 0.15) is 0 Å². The molecule has 0 saturated carbocycles. The number of thiocarbonyl (C=S) groups is 1. The van der Waals surface area contributed by atoms with E-state index in [1.165, 1.54) is 5.57 Å². The third-order valence-corrected chi connectivity index (χ3v) is 2.35. The van der Waals surface area contributed by atoms with Crippen molar-refractivity contribution in [3.63, 3.8) is 0 Å². The Labute approximate surface area is 93.4 Å². The zero-order valence-electron chi connectivity index (χ0n) is 9.85. The molecule has 1 heteroatoms.